The van der Waals surface area contributed by atoms with Crippen LogP contribution in [0.1, 0.15) is 19.4 Å². The third-order valence-corrected chi connectivity index (χ3v) is 4.67. The molecule has 2 aromatic carbocycles. The van der Waals surface area contributed by atoms with Crippen LogP contribution < -0.4 is 14.8 Å². The quantitative estimate of drug-likeness (QED) is 0.638. The molecule has 1 atom stereocenters. The minimum absolute atomic E-state index is 0.196. The Balaban J connectivity index is 2.16. The van der Waals surface area contributed by atoms with E-state index in [9.17, 15) is 9.59 Å². The summed E-state index contributed by atoms with van der Waals surface area (Å²) in [6, 6.07) is 14.1. The number of ether oxygens (including phenoxy) is 2. The highest BCUT2D eigenvalue weighted by Gasteiger charge is 2.26. The van der Waals surface area contributed by atoms with E-state index in [0.717, 1.165) is 10.0 Å². The summed E-state index contributed by atoms with van der Waals surface area (Å²) < 4.78 is 11.8. The van der Waals surface area contributed by atoms with E-state index in [0.29, 0.717) is 24.6 Å². The number of hydrogen-bond acceptors (Lipinski definition) is 4. The number of halogens is 1. The Morgan fingerprint density at radius 3 is 2.50 bits per heavy atom. The van der Waals surface area contributed by atoms with Crippen LogP contribution in [-0.4, -0.2) is 43.0 Å². The molecule has 0 aliphatic rings. The first-order valence-electron chi connectivity index (χ1n) is 9.03. The summed E-state index contributed by atoms with van der Waals surface area (Å²) in [5, 5.41) is 2.77. The standard InChI is InChI=1S/C21H25BrN2O4/c1-4-23-21(26)15(2)24(13-16-8-7-9-17(22)12-16)20(25)14-28-19-11-6-5-10-18(19)27-3/h5-12,15H,4,13-14H2,1-3H3,(H,23,26). The second kappa shape index (κ2) is 10.7. The molecule has 150 valence electrons. The van der Waals surface area contributed by atoms with Gasteiger partial charge in [-0.2, -0.15) is 0 Å². The predicted molar refractivity (Wildman–Crippen MR) is 111 cm³/mol. The molecule has 7 heteroatoms. The second-order valence-electron chi connectivity index (χ2n) is 6.16. The number of likely N-dealkylation sites (N-methyl/N-ethyl adjacent to an activating group) is 1. The van der Waals surface area contributed by atoms with E-state index >= 15 is 0 Å². The highest BCUT2D eigenvalue weighted by molar-refractivity contribution is 9.10. The number of hydrogen-bond donors (Lipinski definition) is 1. The lowest BCUT2D eigenvalue weighted by atomic mass is 10.1. The van der Waals surface area contributed by atoms with Gasteiger partial charge in [0.25, 0.3) is 5.91 Å². The van der Waals surface area contributed by atoms with Gasteiger partial charge in [-0.1, -0.05) is 40.2 Å². The minimum Gasteiger partial charge on any atom is -0.493 e. The van der Waals surface area contributed by atoms with Crippen molar-refractivity contribution in [1.29, 1.82) is 0 Å². The van der Waals surface area contributed by atoms with Crippen molar-refractivity contribution in [3.8, 4) is 11.5 Å². The van der Waals surface area contributed by atoms with Gasteiger partial charge in [0.05, 0.1) is 7.11 Å². The van der Waals surface area contributed by atoms with E-state index in [2.05, 4.69) is 21.2 Å². The normalized spacial score (nSPS) is 11.4. The van der Waals surface area contributed by atoms with Crippen molar-refractivity contribution < 1.29 is 19.1 Å². The van der Waals surface area contributed by atoms with Crippen LogP contribution in [0.3, 0.4) is 0 Å². The van der Waals surface area contributed by atoms with Gasteiger partial charge in [-0.25, -0.2) is 0 Å². The average molecular weight is 449 g/mol. The molecule has 0 aliphatic heterocycles. The summed E-state index contributed by atoms with van der Waals surface area (Å²) in [5.74, 6) is 0.532. The Morgan fingerprint density at radius 2 is 1.86 bits per heavy atom. The number of amides is 2. The van der Waals surface area contributed by atoms with E-state index in [-0.39, 0.29) is 18.4 Å². The fourth-order valence-corrected chi connectivity index (χ4v) is 3.14. The van der Waals surface area contributed by atoms with Gasteiger partial charge < -0.3 is 19.7 Å². The van der Waals surface area contributed by atoms with Crippen LogP contribution in [0.4, 0.5) is 0 Å². The molecule has 2 rings (SSSR count). The predicted octanol–water partition coefficient (Wildman–Crippen LogP) is 3.39. The third kappa shape index (κ3) is 5.99. The maximum absolute atomic E-state index is 12.9. The van der Waals surface area contributed by atoms with Gasteiger partial charge in [-0.05, 0) is 43.7 Å². The Labute approximate surface area is 174 Å². The second-order valence-corrected chi connectivity index (χ2v) is 7.08. The number of nitrogens with one attached hydrogen (secondary N) is 1. The molecule has 6 nitrogen and oxygen atoms in total. The maximum Gasteiger partial charge on any atom is 0.261 e. The summed E-state index contributed by atoms with van der Waals surface area (Å²) in [4.78, 5) is 26.8. The Hall–Kier alpha value is -2.54. The molecular formula is C21H25BrN2O4. The van der Waals surface area contributed by atoms with Gasteiger partial charge in [-0.3, -0.25) is 9.59 Å². The summed E-state index contributed by atoms with van der Waals surface area (Å²) in [6.07, 6.45) is 0. The highest BCUT2D eigenvalue weighted by atomic mass is 79.9. The van der Waals surface area contributed by atoms with Crippen LogP contribution in [0.5, 0.6) is 11.5 Å². The monoisotopic (exact) mass is 448 g/mol. The molecule has 0 saturated carbocycles. The van der Waals surface area contributed by atoms with Gasteiger partial charge >= 0.3 is 0 Å². The molecule has 0 heterocycles. The van der Waals surface area contributed by atoms with E-state index in [1.165, 1.54) is 4.90 Å². The van der Waals surface area contributed by atoms with Crippen molar-refractivity contribution in [2.75, 3.05) is 20.3 Å². The number of methoxy groups -OCH3 is 1. The molecule has 0 spiro atoms. The third-order valence-electron chi connectivity index (χ3n) is 4.18. The first kappa shape index (κ1) is 21.8. The first-order valence-corrected chi connectivity index (χ1v) is 9.83. The average Bonchev–Trinajstić information content (AvgIpc) is 2.70. The summed E-state index contributed by atoms with van der Waals surface area (Å²) in [5.41, 5.74) is 0.913. The van der Waals surface area contributed by atoms with E-state index in [1.54, 1.807) is 32.2 Å². The smallest absolute Gasteiger partial charge is 0.261 e. The first-order chi connectivity index (χ1) is 13.5. The lowest BCUT2D eigenvalue weighted by molar-refractivity contribution is -0.142. The summed E-state index contributed by atoms with van der Waals surface area (Å²) in [6.45, 7) is 4.16. The van der Waals surface area contributed by atoms with Crippen molar-refractivity contribution in [1.82, 2.24) is 10.2 Å². The number of rotatable bonds is 9. The fourth-order valence-electron chi connectivity index (χ4n) is 2.70. The zero-order valence-corrected chi connectivity index (χ0v) is 17.9. The maximum atomic E-state index is 12.9. The van der Waals surface area contributed by atoms with Crippen LogP contribution in [0.25, 0.3) is 0 Å². The number of benzene rings is 2. The molecule has 0 aliphatic carbocycles. The van der Waals surface area contributed by atoms with Crippen molar-refractivity contribution in [3.63, 3.8) is 0 Å². The Morgan fingerprint density at radius 1 is 1.14 bits per heavy atom. The molecule has 0 aromatic heterocycles. The van der Waals surface area contributed by atoms with E-state index in [4.69, 9.17) is 9.47 Å². The summed E-state index contributed by atoms with van der Waals surface area (Å²) in [7, 11) is 1.54. The van der Waals surface area contributed by atoms with Crippen molar-refractivity contribution in [2.24, 2.45) is 0 Å². The van der Waals surface area contributed by atoms with Gasteiger partial charge in [0, 0.05) is 17.6 Å². The Bertz CT molecular complexity index is 812. The number of para-hydroxylation sites is 2. The number of nitrogens with zero attached hydrogens (tertiary/aromatic N) is 1. The van der Waals surface area contributed by atoms with E-state index in [1.807, 2.05) is 37.3 Å². The topological polar surface area (TPSA) is 67.9 Å². The molecule has 1 unspecified atom stereocenters. The fraction of sp³-hybridized carbons (Fsp3) is 0.333. The molecule has 2 amide bonds. The molecule has 2 aromatic rings. The molecule has 0 bridgehead atoms. The molecule has 0 saturated heterocycles. The summed E-state index contributed by atoms with van der Waals surface area (Å²) >= 11 is 3.44. The largest absolute Gasteiger partial charge is 0.493 e. The SMILES string of the molecule is CCNC(=O)C(C)N(Cc1cccc(Br)c1)C(=O)COc1ccccc1OC. The number of carbonyl (C=O) groups excluding carboxylic acids is 2. The van der Waals surface area contributed by atoms with Gasteiger partial charge in [0.1, 0.15) is 6.04 Å². The van der Waals surface area contributed by atoms with Crippen LogP contribution >= 0.6 is 15.9 Å². The number of carbonyl (C=O) groups is 2. The Kier molecular flexibility index (Phi) is 8.32. The molecule has 1 N–H and O–H groups in total. The van der Waals surface area contributed by atoms with E-state index < -0.39 is 6.04 Å². The van der Waals surface area contributed by atoms with Crippen LogP contribution in [0.2, 0.25) is 0 Å². The van der Waals surface area contributed by atoms with Gasteiger partial charge in [-0.15, -0.1) is 0 Å². The zero-order valence-electron chi connectivity index (χ0n) is 16.3. The zero-order chi connectivity index (χ0) is 20.5. The van der Waals surface area contributed by atoms with Crippen molar-refractivity contribution >= 4 is 27.7 Å². The lowest BCUT2D eigenvalue weighted by Crippen LogP contribution is -2.49. The lowest BCUT2D eigenvalue weighted by Gasteiger charge is -2.28. The van der Waals surface area contributed by atoms with Crippen LogP contribution in [0.15, 0.2) is 53.0 Å². The van der Waals surface area contributed by atoms with Crippen LogP contribution in [-0.2, 0) is 16.1 Å². The molecular weight excluding hydrogens is 424 g/mol. The highest BCUT2D eigenvalue weighted by Crippen LogP contribution is 2.26. The van der Waals surface area contributed by atoms with Crippen molar-refractivity contribution in [3.05, 3.63) is 58.6 Å². The van der Waals surface area contributed by atoms with Gasteiger partial charge in [0.2, 0.25) is 5.91 Å². The molecule has 28 heavy (non-hydrogen) atoms. The van der Waals surface area contributed by atoms with Gasteiger partial charge in [0.15, 0.2) is 18.1 Å². The minimum atomic E-state index is -0.632. The molecule has 0 radical (unpaired) electrons. The van der Waals surface area contributed by atoms with Crippen molar-refractivity contribution in [2.45, 2.75) is 26.4 Å². The van der Waals surface area contributed by atoms with Crippen LogP contribution in [0, 0.1) is 0 Å². The molecule has 0 fully saturated rings.